The quantitative estimate of drug-likeness (QED) is 0.0701. The van der Waals surface area contributed by atoms with Crippen molar-refractivity contribution in [3.63, 3.8) is 0 Å². The van der Waals surface area contributed by atoms with Gasteiger partial charge in [0.05, 0.1) is 57.8 Å². The maximum Gasteiger partial charge on any atom is 0.350 e. The second-order valence-corrected chi connectivity index (χ2v) is 42.2. The van der Waals surface area contributed by atoms with Crippen molar-refractivity contribution in [2.45, 2.75) is 333 Å². The smallest absolute Gasteiger partial charge is 0.350 e. The molecule has 4 aromatic rings. The number of carbonyl (C=O) groups is 8. The number of rotatable bonds is 18. The Balaban J connectivity index is 0.000000154. The highest BCUT2D eigenvalue weighted by Crippen LogP contribution is 2.48. The lowest BCUT2D eigenvalue weighted by atomic mass is 9.81. The Kier molecular flexibility index (Phi) is 34.9. The first kappa shape index (κ1) is 92.5. The normalized spacial score (nSPS) is 28.8. The third-order valence-corrected chi connectivity index (χ3v) is 32.3. The van der Waals surface area contributed by atoms with Crippen molar-refractivity contribution in [2.75, 3.05) is 40.9 Å². The number of nitrogens with zero attached hydrogens (tertiary/aromatic N) is 4. The number of ether oxygens (including phenoxy) is 3. The number of allylic oxidation sites excluding steroid dienone is 4. The van der Waals surface area contributed by atoms with Crippen LogP contribution >= 0.6 is 77.2 Å². The van der Waals surface area contributed by atoms with Crippen LogP contribution in [0.15, 0.2) is 44.0 Å². The number of carbonyl (C=O) groups excluding carboxylic acids is 7. The van der Waals surface area contributed by atoms with Crippen LogP contribution in [0.1, 0.15) is 333 Å². The lowest BCUT2D eigenvalue weighted by molar-refractivity contribution is -0.125. The summed E-state index contributed by atoms with van der Waals surface area (Å²) in [6.07, 6.45) is 35.4. The molecule has 4 heterocycles. The molecular formula is C91H125Br2F3N4O13S4. The number of halogens is 5. The Hall–Kier alpha value is -5.25. The van der Waals surface area contributed by atoms with Gasteiger partial charge < -0.3 is 44.0 Å². The lowest BCUT2D eigenvalue weighted by Crippen LogP contribution is -2.47. The monoisotopic (exact) mass is 1820 g/mol. The summed E-state index contributed by atoms with van der Waals surface area (Å²) >= 11 is 12.2. The molecule has 4 aromatic heterocycles. The molecule has 0 unspecified atom stereocenters. The van der Waals surface area contributed by atoms with Crippen LogP contribution in [0.3, 0.4) is 0 Å². The van der Waals surface area contributed by atoms with Gasteiger partial charge in [-0.1, -0.05) is 39.8 Å². The average molecular weight is 1830 g/mol. The Bertz CT molecular complexity index is 3940. The maximum absolute atomic E-state index is 13.9. The van der Waals surface area contributed by atoms with Crippen LogP contribution < -0.4 is 19.6 Å². The first-order chi connectivity index (χ1) is 56.2. The molecule has 26 heteroatoms. The zero-order valence-electron chi connectivity index (χ0n) is 69.7. The third kappa shape index (κ3) is 24.2. The van der Waals surface area contributed by atoms with E-state index < -0.39 is 36.4 Å². The minimum atomic E-state index is -0.975. The van der Waals surface area contributed by atoms with E-state index in [0.29, 0.717) is 151 Å². The van der Waals surface area contributed by atoms with E-state index in [9.17, 15) is 61.7 Å². The second kappa shape index (κ2) is 44.2. The van der Waals surface area contributed by atoms with Crippen molar-refractivity contribution in [1.82, 2.24) is 0 Å². The molecule has 14 rings (SSSR count). The fraction of sp³-hybridized carbons (Fsp3) is 0.692. The fourth-order valence-electron chi connectivity index (χ4n) is 19.5. The summed E-state index contributed by atoms with van der Waals surface area (Å²) in [5.74, 6) is 0.717. The van der Waals surface area contributed by atoms with E-state index in [1.165, 1.54) is 90.7 Å². The van der Waals surface area contributed by atoms with Crippen molar-refractivity contribution in [1.29, 1.82) is 0 Å². The maximum atomic E-state index is 13.9. The molecule has 646 valence electrons. The van der Waals surface area contributed by atoms with Crippen molar-refractivity contribution >= 4 is 159 Å². The number of hydrogen-bond acceptors (Lipinski definition) is 16. The Morgan fingerprint density at radius 2 is 0.615 bits per heavy atom. The first-order valence-electron chi connectivity index (χ1n) is 43.9. The van der Waals surface area contributed by atoms with Crippen molar-refractivity contribution in [3.05, 3.63) is 73.3 Å². The van der Waals surface area contributed by atoms with Gasteiger partial charge in [0.15, 0.2) is 0 Å². The van der Waals surface area contributed by atoms with Gasteiger partial charge in [0.2, 0.25) is 23.6 Å². The van der Waals surface area contributed by atoms with Gasteiger partial charge in [-0.2, -0.15) is 0 Å². The largest absolute Gasteiger partial charge is 0.477 e. The summed E-state index contributed by atoms with van der Waals surface area (Å²) in [4.78, 5) is 115. The molecule has 4 amide bonds. The highest BCUT2D eigenvalue weighted by Gasteiger charge is 2.44. The molecule has 0 aliphatic heterocycles. The SMILES string of the molecule is CC1CCC(C(=O)N(c2cc(C3=CCCCC3)sc2C(=O)O)C2CCC(F)CC2)CC1.COC(=O)c1sc(Br)cc1N(C(=O)C1CCC(C)CC1)C1CCC(F)CC1.COC(=O)c1sc(Br)cc1N(C(=O)C1CCC(C)CC1)C1CCC(O)CC1.COC(=O)c1sc(C2=CCCCC2)cc1N(C(=O)C1CCC(C)CC1)C1CCC(F)CC1. The molecule has 0 atom stereocenters. The van der Waals surface area contributed by atoms with Crippen molar-refractivity contribution < 1.29 is 76.0 Å². The van der Waals surface area contributed by atoms with Crippen LogP contribution in [0.25, 0.3) is 11.1 Å². The summed E-state index contributed by atoms with van der Waals surface area (Å²) in [6, 6.07) is 7.47. The number of alkyl halides is 3. The molecular weight excluding hydrogens is 1700 g/mol. The number of methoxy groups -OCH3 is 3. The van der Waals surface area contributed by atoms with E-state index in [1.807, 2.05) is 34.1 Å². The van der Waals surface area contributed by atoms with Gasteiger partial charge in [-0.3, -0.25) is 19.2 Å². The number of carboxylic acid groups (broad SMARTS) is 1. The molecule has 0 spiro atoms. The molecule has 0 saturated heterocycles. The minimum absolute atomic E-state index is 0.0113. The van der Waals surface area contributed by atoms with Gasteiger partial charge in [-0.05, 0) is 348 Å². The van der Waals surface area contributed by atoms with Crippen molar-refractivity contribution in [3.8, 4) is 0 Å². The number of amides is 4. The van der Waals surface area contributed by atoms with Crippen LogP contribution in [0.4, 0.5) is 35.9 Å². The van der Waals surface area contributed by atoms with Crippen LogP contribution in [0.2, 0.25) is 0 Å². The number of hydrogen-bond donors (Lipinski definition) is 2. The number of esters is 3. The summed E-state index contributed by atoms with van der Waals surface area (Å²) in [6.45, 7) is 8.95. The fourth-order valence-corrected chi connectivity index (χ4v) is 24.7. The first-order valence-corrected chi connectivity index (χ1v) is 48.7. The molecule has 8 fully saturated rings. The van der Waals surface area contributed by atoms with Crippen molar-refractivity contribution in [2.24, 2.45) is 47.3 Å². The molecule has 0 radical (unpaired) electrons. The van der Waals surface area contributed by atoms with E-state index >= 15 is 0 Å². The molecule has 0 aromatic carbocycles. The number of aliphatic hydroxyl groups is 1. The zero-order valence-corrected chi connectivity index (χ0v) is 76.1. The van der Waals surface area contributed by atoms with Gasteiger partial charge >= 0.3 is 23.9 Å². The standard InChI is InChI=1S/C26H36FNO3S.C25H34FNO3S.C20H27BrFNO3S.C20H28BrNO4S/c1-17-8-10-19(11-9-17)25(29)28(21-14-12-20(27)13-15-21)22-16-23(18-6-4-3-5-7-18)32-24(22)26(30)31-2;1-16-7-9-18(10-8-16)24(28)27(20-13-11-19(26)12-14-20)21-15-22(31-23(21)25(29)30)17-5-3-2-4-6-17;1-12-3-5-13(6-4-12)19(24)23(15-9-7-14(22)8-10-15)16-11-17(21)27-18(16)20(25)26-2;1-12-3-5-13(6-4-12)19(24)22(14-7-9-15(23)10-8-14)16-11-17(21)27-18(16)20(25)26-2/h6,16-17,19-21H,3-5,7-15H2,1-2H3;5,15-16,18-20H,2-4,6-14H2,1H3,(H,29,30);11-15H,3-10H2,1-2H3;11-15,23H,3-10H2,1-2H3. The van der Waals surface area contributed by atoms with E-state index in [4.69, 9.17) is 14.2 Å². The Morgan fingerprint density at radius 1 is 0.359 bits per heavy atom. The minimum Gasteiger partial charge on any atom is -0.477 e. The lowest BCUT2D eigenvalue weighted by Gasteiger charge is -2.38. The van der Waals surface area contributed by atoms with E-state index in [2.05, 4.69) is 71.7 Å². The zero-order chi connectivity index (χ0) is 83.7. The Labute approximate surface area is 724 Å². The third-order valence-electron chi connectivity index (χ3n) is 26.8. The predicted octanol–water partition coefficient (Wildman–Crippen LogP) is 24.3. The number of aromatic carboxylic acids is 1. The van der Waals surface area contributed by atoms with Crippen LogP contribution in [0.5, 0.6) is 0 Å². The molecule has 0 bridgehead atoms. The van der Waals surface area contributed by atoms with Crippen LogP contribution in [-0.4, -0.2) is 128 Å². The number of thiophene rings is 4. The topological polar surface area (TPSA) is 218 Å². The second-order valence-electron chi connectivity index (χ2n) is 35.2. The van der Waals surface area contributed by atoms with Gasteiger partial charge in [-0.15, -0.1) is 45.3 Å². The van der Waals surface area contributed by atoms with E-state index in [1.54, 1.807) is 9.80 Å². The number of anilines is 4. The Morgan fingerprint density at radius 3 is 0.880 bits per heavy atom. The van der Waals surface area contributed by atoms with E-state index in [-0.39, 0.29) is 88.4 Å². The van der Waals surface area contributed by atoms with Gasteiger partial charge in [0.1, 0.15) is 38.0 Å². The molecule has 2 N–H and O–H groups in total. The molecule has 10 aliphatic rings. The highest BCUT2D eigenvalue weighted by molar-refractivity contribution is 9.11. The molecule has 8 saturated carbocycles. The van der Waals surface area contributed by atoms with Gasteiger partial charge in [0.25, 0.3) is 0 Å². The van der Waals surface area contributed by atoms with Crippen LogP contribution in [-0.2, 0) is 33.4 Å². The summed E-state index contributed by atoms with van der Waals surface area (Å²) in [5, 5.41) is 19.9. The average Bonchev–Trinajstić information content (AvgIpc) is 1.68. The number of carboxylic acids is 1. The molecule has 117 heavy (non-hydrogen) atoms. The van der Waals surface area contributed by atoms with Gasteiger partial charge in [-0.25, -0.2) is 32.3 Å². The number of aliphatic hydroxyl groups excluding tert-OH is 1. The summed E-state index contributed by atoms with van der Waals surface area (Å²) in [5.41, 5.74) is 4.98. The summed E-state index contributed by atoms with van der Waals surface area (Å²) < 4.78 is 58.1. The molecule has 17 nitrogen and oxygen atoms in total. The van der Waals surface area contributed by atoms with E-state index in [0.717, 1.165) is 171 Å². The van der Waals surface area contributed by atoms with Gasteiger partial charge in [0, 0.05) is 57.6 Å². The highest BCUT2D eigenvalue weighted by atomic mass is 79.9. The predicted molar refractivity (Wildman–Crippen MR) is 471 cm³/mol. The van der Waals surface area contributed by atoms with Crippen LogP contribution in [0, 0.1) is 47.3 Å². The summed E-state index contributed by atoms with van der Waals surface area (Å²) in [7, 11) is 4.11. The molecule has 10 aliphatic carbocycles.